The minimum atomic E-state index is -0.243. The summed E-state index contributed by atoms with van der Waals surface area (Å²) in [4.78, 5) is 4.27. The number of hydrogen-bond acceptors (Lipinski definition) is 1. The molecule has 3 aromatic rings. The maximum atomic E-state index is 13.2. The lowest BCUT2D eigenvalue weighted by molar-refractivity contribution is 0.624. The Kier molecular flexibility index (Phi) is 2.76. The Bertz CT molecular complexity index is 706. The summed E-state index contributed by atoms with van der Waals surface area (Å²) in [5.74, 6) is -0.243. The Morgan fingerprint density at radius 1 is 1.11 bits per heavy atom. The lowest BCUT2D eigenvalue weighted by atomic mass is 10.2. The number of halogens is 2. The van der Waals surface area contributed by atoms with E-state index in [0.717, 1.165) is 16.6 Å². The van der Waals surface area contributed by atoms with Crippen molar-refractivity contribution >= 4 is 22.6 Å². The van der Waals surface area contributed by atoms with Gasteiger partial charge < -0.3 is 4.57 Å². The maximum absolute atomic E-state index is 13.2. The van der Waals surface area contributed by atoms with Gasteiger partial charge in [0.15, 0.2) is 0 Å². The molecule has 0 saturated carbocycles. The number of fused-ring (bicyclic) bond motifs is 1. The van der Waals surface area contributed by atoms with E-state index in [-0.39, 0.29) is 5.82 Å². The Labute approximate surface area is 109 Å². The van der Waals surface area contributed by atoms with Gasteiger partial charge in [0.2, 0.25) is 5.28 Å². The van der Waals surface area contributed by atoms with E-state index >= 15 is 0 Å². The first-order valence-electron chi connectivity index (χ1n) is 5.59. The van der Waals surface area contributed by atoms with Gasteiger partial charge in [-0.3, -0.25) is 0 Å². The molecule has 2 aromatic carbocycles. The van der Waals surface area contributed by atoms with Crippen molar-refractivity contribution in [1.82, 2.24) is 9.55 Å². The first-order chi connectivity index (χ1) is 8.74. The molecule has 18 heavy (non-hydrogen) atoms. The summed E-state index contributed by atoms with van der Waals surface area (Å²) in [7, 11) is 0. The van der Waals surface area contributed by atoms with Crippen molar-refractivity contribution in [2.24, 2.45) is 0 Å². The van der Waals surface area contributed by atoms with E-state index in [0.29, 0.717) is 11.8 Å². The van der Waals surface area contributed by atoms with Gasteiger partial charge in [0.25, 0.3) is 0 Å². The highest BCUT2D eigenvalue weighted by molar-refractivity contribution is 6.29. The molecule has 0 amide bonds. The van der Waals surface area contributed by atoms with Gasteiger partial charge in [-0.15, -0.1) is 0 Å². The third kappa shape index (κ3) is 1.97. The van der Waals surface area contributed by atoms with Crippen LogP contribution in [0.25, 0.3) is 11.0 Å². The lowest BCUT2D eigenvalue weighted by Crippen LogP contribution is -1.99. The first kappa shape index (κ1) is 11.2. The lowest BCUT2D eigenvalue weighted by Gasteiger charge is -2.06. The number of para-hydroxylation sites is 2. The van der Waals surface area contributed by atoms with Crippen LogP contribution in [0, 0.1) is 5.82 Å². The van der Waals surface area contributed by atoms with Crippen molar-refractivity contribution in [1.29, 1.82) is 0 Å². The van der Waals surface area contributed by atoms with Gasteiger partial charge in [0, 0.05) is 0 Å². The molecule has 90 valence electrons. The Balaban J connectivity index is 2.07. The summed E-state index contributed by atoms with van der Waals surface area (Å²) in [6.07, 6.45) is 0. The van der Waals surface area contributed by atoms with Crippen LogP contribution in [-0.2, 0) is 6.54 Å². The maximum Gasteiger partial charge on any atom is 0.204 e. The molecular formula is C14H10ClFN2. The smallest absolute Gasteiger partial charge is 0.204 e. The molecule has 0 aliphatic heterocycles. The van der Waals surface area contributed by atoms with Crippen LogP contribution in [0.15, 0.2) is 48.5 Å². The van der Waals surface area contributed by atoms with E-state index in [2.05, 4.69) is 4.98 Å². The molecule has 3 rings (SSSR count). The molecule has 0 aliphatic rings. The standard InChI is InChI=1S/C14H10ClFN2/c15-14-17-12-6-1-2-7-13(12)18(14)9-10-4-3-5-11(16)8-10/h1-8H,9H2. The fourth-order valence-electron chi connectivity index (χ4n) is 2.01. The van der Waals surface area contributed by atoms with Gasteiger partial charge >= 0.3 is 0 Å². The van der Waals surface area contributed by atoms with Crippen molar-refractivity contribution in [2.45, 2.75) is 6.54 Å². The molecule has 0 bridgehead atoms. The van der Waals surface area contributed by atoms with E-state index in [4.69, 9.17) is 11.6 Å². The number of nitrogens with zero attached hydrogens (tertiary/aromatic N) is 2. The van der Waals surface area contributed by atoms with Crippen LogP contribution < -0.4 is 0 Å². The minimum absolute atomic E-state index is 0.243. The molecular weight excluding hydrogens is 251 g/mol. The fourth-order valence-corrected chi connectivity index (χ4v) is 2.26. The quantitative estimate of drug-likeness (QED) is 0.684. The summed E-state index contributed by atoms with van der Waals surface area (Å²) in [6, 6.07) is 14.2. The molecule has 0 radical (unpaired) electrons. The van der Waals surface area contributed by atoms with Crippen LogP contribution in [0.3, 0.4) is 0 Å². The van der Waals surface area contributed by atoms with Gasteiger partial charge in [-0.1, -0.05) is 24.3 Å². The topological polar surface area (TPSA) is 17.8 Å². The van der Waals surface area contributed by atoms with E-state index < -0.39 is 0 Å². The van der Waals surface area contributed by atoms with Crippen LogP contribution in [0.4, 0.5) is 4.39 Å². The second-order valence-corrected chi connectivity index (χ2v) is 4.42. The van der Waals surface area contributed by atoms with E-state index in [1.807, 2.05) is 34.9 Å². The summed E-state index contributed by atoms with van der Waals surface area (Å²) in [5.41, 5.74) is 2.66. The van der Waals surface area contributed by atoms with Crippen LogP contribution in [0.2, 0.25) is 5.28 Å². The van der Waals surface area contributed by atoms with Crippen molar-refractivity contribution in [2.75, 3.05) is 0 Å². The highest BCUT2D eigenvalue weighted by Gasteiger charge is 2.08. The third-order valence-electron chi connectivity index (χ3n) is 2.84. The van der Waals surface area contributed by atoms with E-state index in [9.17, 15) is 4.39 Å². The highest BCUT2D eigenvalue weighted by atomic mass is 35.5. The highest BCUT2D eigenvalue weighted by Crippen LogP contribution is 2.21. The van der Waals surface area contributed by atoms with E-state index in [1.54, 1.807) is 6.07 Å². The number of aromatic nitrogens is 2. The van der Waals surface area contributed by atoms with Gasteiger partial charge in [0.1, 0.15) is 5.82 Å². The zero-order chi connectivity index (χ0) is 12.5. The Hall–Kier alpha value is -1.87. The molecule has 4 heteroatoms. The second-order valence-electron chi connectivity index (χ2n) is 4.09. The van der Waals surface area contributed by atoms with Crippen molar-refractivity contribution < 1.29 is 4.39 Å². The largest absolute Gasteiger partial charge is 0.310 e. The summed E-state index contributed by atoms with van der Waals surface area (Å²) < 4.78 is 15.0. The van der Waals surface area contributed by atoms with Gasteiger partial charge in [-0.05, 0) is 41.4 Å². The summed E-state index contributed by atoms with van der Waals surface area (Å²) >= 11 is 6.12. The van der Waals surface area contributed by atoms with Crippen molar-refractivity contribution in [3.8, 4) is 0 Å². The predicted molar refractivity (Wildman–Crippen MR) is 70.2 cm³/mol. The van der Waals surface area contributed by atoms with Crippen LogP contribution >= 0.6 is 11.6 Å². The molecule has 0 spiro atoms. The Morgan fingerprint density at radius 3 is 2.78 bits per heavy atom. The van der Waals surface area contributed by atoms with Crippen LogP contribution in [0.5, 0.6) is 0 Å². The summed E-state index contributed by atoms with van der Waals surface area (Å²) in [6.45, 7) is 0.511. The molecule has 0 atom stereocenters. The van der Waals surface area contributed by atoms with Crippen LogP contribution in [0.1, 0.15) is 5.56 Å². The number of imidazole rings is 1. The normalized spacial score (nSPS) is 11.0. The molecule has 0 saturated heterocycles. The monoisotopic (exact) mass is 260 g/mol. The van der Waals surface area contributed by atoms with E-state index in [1.165, 1.54) is 12.1 Å². The second kappa shape index (κ2) is 4.42. The molecule has 0 aliphatic carbocycles. The SMILES string of the molecule is Fc1cccc(Cn2c(Cl)nc3ccccc32)c1. The third-order valence-corrected chi connectivity index (χ3v) is 3.13. The van der Waals surface area contributed by atoms with Crippen molar-refractivity contribution in [3.05, 3.63) is 65.2 Å². The molecule has 1 aromatic heterocycles. The number of benzene rings is 2. The van der Waals surface area contributed by atoms with Gasteiger partial charge in [-0.2, -0.15) is 0 Å². The summed E-state index contributed by atoms with van der Waals surface area (Å²) in [5, 5.41) is 0.417. The average Bonchev–Trinajstić information content (AvgIpc) is 2.66. The van der Waals surface area contributed by atoms with Gasteiger partial charge in [0.05, 0.1) is 17.6 Å². The fraction of sp³-hybridized carbons (Fsp3) is 0.0714. The molecule has 0 fully saturated rings. The number of hydrogen-bond donors (Lipinski definition) is 0. The molecule has 2 nitrogen and oxygen atoms in total. The Morgan fingerprint density at radius 2 is 1.94 bits per heavy atom. The molecule has 1 heterocycles. The minimum Gasteiger partial charge on any atom is -0.310 e. The van der Waals surface area contributed by atoms with Crippen LogP contribution in [-0.4, -0.2) is 9.55 Å². The first-order valence-corrected chi connectivity index (χ1v) is 5.97. The zero-order valence-corrected chi connectivity index (χ0v) is 10.2. The van der Waals surface area contributed by atoms with Gasteiger partial charge in [-0.25, -0.2) is 9.37 Å². The molecule has 0 unspecified atom stereocenters. The van der Waals surface area contributed by atoms with Crippen molar-refractivity contribution in [3.63, 3.8) is 0 Å². The molecule has 0 N–H and O–H groups in total. The average molecular weight is 261 g/mol. The zero-order valence-electron chi connectivity index (χ0n) is 9.48. The number of rotatable bonds is 2. The predicted octanol–water partition coefficient (Wildman–Crippen LogP) is 3.88.